The average Bonchev–Trinajstić information content (AvgIpc) is 3.07. The van der Waals surface area contributed by atoms with Crippen LogP contribution in [0.2, 0.25) is 0 Å². The molecular formula is C22H26N4O2. The Hall–Kier alpha value is -3.15. The van der Waals surface area contributed by atoms with Crippen molar-refractivity contribution >= 4 is 28.8 Å². The van der Waals surface area contributed by atoms with Crippen molar-refractivity contribution in [2.24, 2.45) is 5.92 Å². The van der Waals surface area contributed by atoms with E-state index in [9.17, 15) is 9.59 Å². The molecule has 0 unspecified atom stereocenters. The van der Waals surface area contributed by atoms with Crippen molar-refractivity contribution in [2.45, 2.75) is 40.2 Å². The molecule has 0 bridgehead atoms. The third kappa shape index (κ3) is 4.22. The van der Waals surface area contributed by atoms with Crippen LogP contribution in [0.1, 0.15) is 41.8 Å². The van der Waals surface area contributed by atoms with Crippen molar-refractivity contribution in [3.05, 3.63) is 59.2 Å². The molecule has 3 rings (SSSR count). The number of para-hydroxylation sites is 2. The maximum absolute atomic E-state index is 12.9. The van der Waals surface area contributed by atoms with E-state index in [2.05, 4.69) is 20.6 Å². The van der Waals surface area contributed by atoms with Gasteiger partial charge in [-0.2, -0.15) is 0 Å². The van der Waals surface area contributed by atoms with Crippen LogP contribution in [0, 0.1) is 19.8 Å². The standard InChI is InChI=1S/C22H26N4O2/c1-5-14(3)19(25-20(27)16-11-10-13(2)12-15(16)4)21(28)26-22-23-17-8-6-7-9-18(17)24-22/h6-12,14,19H,5H2,1-4H3,(H,25,27)(H2,23,24,26,28)/t14-,19+/m0/s1. The zero-order chi connectivity index (χ0) is 20.3. The van der Waals surface area contributed by atoms with Gasteiger partial charge in [0.25, 0.3) is 5.91 Å². The Morgan fingerprint density at radius 2 is 1.89 bits per heavy atom. The Balaban J connectivity index is 1.78. The number of aryl methyl sites for hydroxylation is 2. The normalized spacial score (nSPS) is 13.1. The highest BCUT2D eigenvalue weighted by Crippen LogP contribution is 2.16. The molecule has 3 aromatic rings. The van der Waals surface area contributed by atoms with E-state index in [-0.39, 0.29) is 17.7 Å². The number of carbonyl (C=O) groups is 2. The molecule has 3 N–H and O–H groups in total. The largest absolute Gasteiger partial charge is 0.340 e. The van der Waals surface area contributed by atoms with Gasteiger partial charge >= 0.3 is 0 Å². The molecule has 6 nitrogen and oxygen atoms in total. The number of aromatic nitrogens is 2. The molecule has 0 saturated carbocycles. The molecule has 1 heterocycles. The molecular weight excluding hydrogens is 352 g/mol. The van der Waals surface area contributed by atoms with Crippen molar-refractivity contribution in [1.82, 2.24) is 15.3 Å². The summed E-state index contributed by atoms with van der Waals surface area (Å²) >= 11 is 0. The number of rotatable bonds is 6. The fourth-order valence-electron chi connectivity index (χ4n) is 3.20. The summed E-state index contributed by atoms with van der Waals surface area (Å²) in [6.45, 7) is 7.83. The first-order valence-corrected chi connectivity index (χ1v) is 9.52. The van der Waals surface area contributed by atoms with Gasteiger partial charge in [0.15, 0.2) is 0 Å². The minimum Gasteiger partial charge on any atom is -0.340 e. The molecule has 0 aliphatic heterocycles. The maximum Gasteiger partial charge on any atom is 0.252 e. The molecule has 1 aromatic heterocycles. The van der Waals surface area contributed by atoms with Gasteiger partial charge in [-0.05, 0) is 43.5 Å². The second-order valence-electron chi connectivity index (χ2n) is 7.25. The fourth-order valence-corrected chi connectivity index (χ4v) is 3.20. The van der Waals surface area contributed by atoms with Crippen LogP contribution in [0.5, 0.6) is 0 Å². The monoisotopic (exact) mass is 378 g/mol. The molecule has 2 amide bonds. The number of anilines is 1. The third-order valence-corrected chi connectivity index (χ3v) is 5.04. The Labute approximate surface area is 164 Å². The van der Waals surface area contributed by atoms with Gasteiger partial charge < -0.3 is 10.3 Å². The number of carbonyl (C=O) groups excluding carboxylic acids is 2. The first kappa shape index (κ1) is 19.6. The Morgan fingerprint density at radius 3 is 2.57 bits per heavy atom. The number of amides is 2. The van der Waals surface area contributed by atoms with Crippen molar-refractivity contribution in [3.63, 3.8) is 0 Å². The Morgan fingerprint density at radius 1 is 1.14 bits per heavy atom. The van der Waals surface area contributed by atoms with Crippen LogP contribution in [0.3, 0.4) is 0 Å². The van der Waals surface area contributed by atoms with Gasteiger partial charge in [-0.1, -0.05) is 50.1 Å². The van der Waals surface area contributed by atoms with E-state index in [4.69, 9.17) is 0 Å². The lowest BCUT2D eigenvalue weighted by molar-refractivity contribution is -0.119. The van der Waals surface area contributed by atoms with Crippen LogP contribution in [0.15, 0.2) is 42.5 Å². The number of hydrogen-bond acceptors (Lipinski definition) is 3. The predicted octanol–water partition coefficient (Wildman–Crippen LogP) is 3.96. The van der Waals surface area contributed by atoms with E-state index < -0.39 is 6.04 Å². The summed E-state index contributed by atoms with van der Waals surface area (Å²) in [5.74, 6) is -0.187. The zero-order valence-electron chi connectivity index (χ0n) is 16.7. The Kier molecular flexibility index (Phi) is 5.78. The lowest BCUT2D eigenvalue weighted by atomic mass is 9.97. The number of hydrogen-bond donors (Lipinski definition) is 3. The number of benzene rings is 2. The van der Waals surface area contributed by atoms with Crippen LogP contribution in [0.25, 0.3) is 11.0 Å². The van der Waals surface area contributed by atoms with Gasteiger partial charge in [-0.3, -0.25) is 14.9 Å². The number of fused-ring (bicyclic) bond motifs is 1. The van der Waals surface area contributed by atoms with E-state index in [0.717, 1.165) is 28.6 Å². The number of H-pyrrole nitrogens is 1. The van der Waals surface area contributed by atoms with E-state index in [0.29, 0.717) is 11.5 Å². The summed E-state index contributed by atoms with van der Waals surface area (Å²) in [5, 5.41) is 5.71. The highest BCUT2D eigenvalue weighted by Gasteiger charge is 2.27. The van der Waals surface area contributed by atoms with Crippen molar-refractivity contribution in [1.29, 1.82) is 0 Å². The minimum atomic E-state index is -0.661. The van der Waals surface area contributed by atoms with Crippen LogP contribution >= 0.6 is 0 Å². The zero-order valence-corrected chi connectivity index (χ0v) is 16.7. The molecule has 0 aliphatic rings. The highest BCUT2D eigenvalue weighted by atomic mass is 16.2. The minimum absolute atomic E-state index is 0.0286. The van der Waals surface area contributed by atoms with E-state index in [1.807, 2.05) is 64.1 Å². The Bertz CT molecular complexity index is 976. The highest BCUT2D eigenvalue weighted by molar-refractivity contribution is 6.01. The molecule has 28 heavy (non-hydrogen) atoms. The van der Waals surface area contributed by atoms with Crippen LogP contribution in [0.4, 0.5) is 5.95 Å². The van der Waals surface area contributed by atoms with Gasteiger partial charge in [0.2, 0.25) is 11.9 Å². The number of nitrogens with zero attached hydrogens (tertiary/aromatic N) is 1. The average molecular weight is 378 g/mol. The lowest BCUT2D eigenvalue weighted by Crippen LogP contribution is -2.48. The molecule has 0 saturated heterocycles. The molecule has 2 atom stereocenters. The first-order chi connectivity index (χ1) is 13.4. The molecule has 2 aromatic carbocycles. The summed E-state index contributed by atoms with van der Waals surface area (Å²) in [5.41, 5.74) is 4.18. The van der Waals surface area contributed by atoms with Gasteiger partial charge in [0, 0.05) is 5.56 Å². The van der Waals surface area contributed by atoms with E-state index >= 15 is 0 Å². The van der Waals surface area contributed by atoms with Gasteiger partial charge in [0.05, 0.1) is 11.0 Å². The molecule has 0 aliphatic carbocycles. The molecule has 6 heteroatoms. The SMILES string of the molecule is CC[C@H](C)[C@@H](NC(=O)c1ccc(C)cc1C)C(=O)Nc1nc2ccccc2[nH]1. The molecule has 0 spiro atoms. The predicted molar refractivity (Wildman–Crippen MR) is 111 cm³/mol. The summed E-state index contributed by atoms with van der Waals surface area (Å²) in [6.07, 6.45) is 0.755. The van der Waals surface area contributed by atoms with Crippen molar-refractivity contribution < 1.29 is 9.59 Å². The molecule has 0 fully saturated rings. The number of aromatic amines is 1. The van der Waals surface area contributed by atoms with Crippen LogP contribution < -0.4 is 10.6 Å². The fraction of sp³-hybridized carbons (Fsp3) is 0.318. The molecule has 146 valence electrons. The third-order valence-electron chi connectivity index (χ3n) is 5.04. The lowest BCUT2D eigenvalue weighted by Gasteiger charge is -2.23. The maximum atomic E-state index is 12.9. The second-order valence-corrected chi connectivity index (χ2v) is 7.25. The smallest absolute Gasteiger partial charge is 0.252 e. The van der Waals surface area contributed by atoms with Crippen molar-refractivity contribution in [2.75, 3.05) is 5.32 Å². The molecule has 0 radical (unpaired) electrons. The first-order valence-electron chi connectivity index (χ1n) is 9.52. The number of nitrogens with one attached hydrogen (secondary N) is 3. The topological polar surface area (TPSA) is 86.9 Å². The quantitative estimate of drug-likeness (QED) is 0.607. The summed E-state index contributed by atoms with van der Waals surface area (Å²) in [6, 6.07) is 12.5. The van der Waals surface area contributed by atoms with Crippen LogP contribution in [-0.2, 0) is 4.79 Å². The number of imidazole rings is 1. The van der Waals surface area contributed by atoms with E-state index in [1.165, 1.54) is 0 Å². The second kappa shape index (κ2) is 8.25. The van der Waals surface area contributed by atoms with Crippen molar-refractivity contribution in [3.8, 4) is 0 Å². The van der Waals surface area contributed by atoms with Gasteiger partial charge in [-0.25, -0.2) is 4.98 Å². The van der Waals surface area contributed by atoms with E-state index in [1.54, 1.807) is 6.07 Å². The summed E-state index contributed by atoms with van der Waals surface area (Å²) in [4.78, 5) is 33.2. The van der Waals surface area contributed by atoms with Gasteiger partial charge in [-0.15, -0.1) is 0 Å². The van der Waals surface area contributed by atoms with Gasteiger partial charge in [0.1, 0.15) is 6.04 Å². The summed E-state index contributed by atoms with van der Waals surface area (Å²) < 4.78 is 0. The van der Waals surface area contributed by atoms with Crippen LogP contribution in [-0.4, -0.2) is 27.8 Å². The summed E-state index contributed by atoms with van der Waals surface area (Å²) in [7, 11) is 0.